The van der Waals surface area contributed by atoms with Gasteiger partial charge < -0.3 is 38.8 Å². The minimum Gasteiger partial charge on any atom is -0.459 e. The zero-order valence-corrected chi connectivity index (χ0v) is 28.4. The zero-order valence-electron chi connectivity index (χ0n) is 28.4. The third-order valence-electron chi connectivity index (χ3n) is 8.10. The van der Waals surface area contributed by atoms with Gasteiger partial charge in [-0.2, -0.15) is 0 Å². The molecule has 4 aromatic rings. The van der Waals surface area contributed by atoms with Crippen molar-refractivity contribution in [2.45, 2.75) is 56.6 Å². The molecule has 0 spiro atoms. The van der Waals surface area contributed by atoms with E-state index in [4.69, 9.17) is 28.4 Å². The predicted octanol–water partition coefficient (Wildman–Crippen LogP) is 5.49. The fourth-order valence-corrected chi connectivity index (χ4v) is 5.35. The number of aliphatic hydroxyl groups is 1. The number of hydrogen-bond donors (Lipinski definition) is 2. The number of benzene rings is 4. The molecule has 0 saturated carbocycles. The molecule has 0 radical (unpaired) electrons. The molecule has 2 N–H and O–H groups in total. The van der Waals surface area contributed by atoms with Gasteiger partial charge in [0, 0.05) is 13.2 Å². The van der Waals surface area contributed by atoms with Gasteiger partial charge in [0.1, 0.15) is 25.4 Å². The molecule has 52 heavy (non-hydrogen) atoms. The van der Waals surface area contributed by atoms with Gasteiger partial charge in [-0.3, -0.25) is 0 Å². The van der Waals surface area contributed by atoms with Gasteiger partial charge in [0.15, 0.2) is 18.5 Å². The molecular weight excluding hydrogens is 670 g/mol. The van der Waals surface area contributed by atoms with Crippen molar-refractivity contribution in [3.8, 4) is 0 Å². The van der Waals surface area contributed by atoms with Crippen LogP contribution in [0.15, 0.2) is 121 Å². The number of hydrogen-bond acceptors (Lipinski definition) is 11. The fraction of sp³-hybridized carbons (Fsp3) is 0.300. The Morgan fingerprint density at radius 1 is 0.615 bits per heavy atom. The Morgan fingerprint density at radius 2 is 1.13 bits per heavy atom. The molecular formula is C40H41NO11. The van der Waals surface area contributed by atoms with Crippen molar-refractivity contribution in [2.75, 3.05) is 19.8 Å². The second-order valence-corrected chi connectivity index (χ2v) is 11.9. The predicted molar refractivity (Wildman–Crippen MR) is 187 cm³/mol. The second kappa shape index (κ2) is 19.7. The molecule has 272 valence electrons. The molecule has 1 fully saturated rings. The molecule has 1 aliphatic heterocycles. The summed E-state index contributed by atoms with van der Waals surface area (Å²) in [5.74, 6) is -2.17. The highest BCUT2D eigenvalue weighted by Gasteiger charge is 2.50. The number of esters is 3. The first-order valence-corrected chi connectivity index (χ1v) is 17.0. The van der Waals surface area contributed by atoms with Gasteiger partial charge >= 0.3 is 24.0 Å². The third-order valence-corrected chi connectivity index (χ3v) is 8.10. The number of amides is 1. The minimum absolute atomic E-state index is 0.125. The average molecular weight is 712 g/mol. The van der Waals surface area contributed by atoms with Crippen LogP contribution in [0, 0.1) is 0 Å². The molecule has 0 unspecified atom stereocenters. The molecule has 1 heterocycles. The summed E-state index contributed by atoms with van der Waals surface area (Å²) in [7, 11) is 0. The zero-order chi connectivity index (χ0) is 36.5. The lowest BCUT2D eigenvalue weighted by molar-refractivity contribution is -0.299. The maximum atomic E-state index is 13.2. The van der Waals surface area contributed by atoms with Gasteiger partial charge in [-0.25, -0.2) is 19.2 Å². The lowest BCUT2D eigenvalue weighted by Gasteiger charge is -2.43. The van der Waals surface area contributed by atoms with Crippen molar-refractivity contribution in [1.82, 2.24) is 5.32 Å². The molecule has 0 bridgehead atoms. The van der Waals surface area contributed by atoms with Gasteiger partial charge in [0.2, 0.25) is 0 Å². The number of aliphatic hydroxyl groups excluding tert-OH is 1. The second-order valence-electron chi connectivity index (χ2n) is 11.9. The summed E-state index contributed by atoms with van der Waals surface area (Å²) in [4.78, 5) is 51.2. The molecule has 0 aliphatic carbocycles. The summed E-state index contributed by atoms with van der Waals surface area (Å²) in [6, 6.07) is 34.0. The number of unbranched alkanes of at least 4 members (excludes halogenated alkanes) is 2. The van der Waals surface area contributed by atoms with Crippen LogP contribution in [0.2, 0.25) is 0 Å². The lowest BCUT2D eigenvalue weighted by atomic mass is 9.98. The van der Waals surface area contributed by atoms with Crippen molar-refractivity contribution in [3.05, 3.63) is 144 Å². The van der Waals surface area contributed by atoms with E-state index in [1.54, 1.807) is 91.0 Å². The van der Waals surface area contributed by atoms with Crippen LogP contribution in [0.1, 0.15) is 55.9 Å². The highest BCUT2D eigenvalue weighted by Crippen LogP contribution is 2.29. The van der Waals surface area contributed by atoms with Crippen LogP contribution in [0.3, 0.4) is 0 Å². The van der Waals surface area contributed by atoms with Gasteiger partial charge in [0.25, 0.3) is 0 Å². The van der Waals surface area contributed by atoms with Crippen molar-refractivity contribution < 1.29 is 52.7 Å². The maximum absolute atomic E-state index is 13.2. The number of ether oxygens (including phenoxy) is 6. The van der Waals surface area contributed by atoms with Gasteiger partial charge in [-0.15, -0.1) is 0 Å². The molecule has 12 nitrogen and oxygen atoms in total. The average Bonchev–Trinajstić information content (AvgIpc) is 3.19. The summed E-state index contributed by atoms with van der Waals surface area (Å²) in [6.45, 7) is 0.262. The number of rotatable bonds is 16. The Labute approximate surface area is 301 Å². The van der Waals surface area contributed by atoms with Crippen LogP contribution in [0.25, 0.3) is 0 Å². The van der Waals surface area contributed by atoms with E-state index in [1.165, 1.54) is 0 Å². The first kappa shape index (κ1) is 37.7. The van der Waals surface area contributed by atoms with E-state index in [1.807, 2.05) is 30.3 Å². The molecule has 5 rings (SSSR count). The lowest BCUT2D eigenvalue weighted by Crippen LogP contribution is -2.62. The van der Waals surface area contributed by atoms with Gasteiger partial charge in [-0.05, 0) is 61.2 Å². The molecule has 1 saturated heterocycles. The van der Waals surface area contributed by atoms with Crippen LogP contribution in [0.5, 0.6) is 0 Å². The number of carbonyl (C=O) groups excluding carboxylic acids is 4. The van der Waals surface area contributed by atoms with Crippen LogP contribution in [0.4, 0.5) is 4.79 Å². The number of nitrogens with one attached hydrogen (secondary N) is 1. The van der Waals surface area contributed by atoms with E-state index < -0.39 is 61.3 Å². The third kappa shape index (κ3) is 11.2. The van der Waals surface area contributed by atoms with E-state index >= 15 is 0 Å². The molecule has 1 aliphatic rings. The summed E-state index contributed by atoms with van der Waals surface area (Å²) in [5.41, 5.74) is 1.61. The Morgan fingerprint density at radius 3 is 1.71 bits per heavy atom. The highest BCUT2D eigenvalue weighted by atomic mass is 16.7. The smallest absolute Gasteiger partial charge is 0.407 e. The summed E-state index contributed by atoms with van der Waals surface area (Å²) in [6.07, 6.45) is -5.71. The van der Waals surface area contributed by atoms with Crippen molar-refractivity contribution in [2.24, 2.45) is 0 Å². The van der Waals surface area contributed by atoms with Crippen LogP contribution in [-0.4, -0.2) is 79.6 Å². The number of alkyl carbamates (subject to hydrolysis) is 1. The Bertz CT molecular complexity index is 1710. The topological polar surface area (TPSA) is 156 Å². The van der Waals surface area contributed by atoms with E-state index in [9.17, 15) is 24.3 Å². The first-order chi connectivity index (χ1) is 25.4. The summed E-state index contributed by atoms with van der Waals surface area (Å²) < 4.78 is 34.4. The highest BCUT2D eigenvalue weighted by molar-refractivity contribution is 5.90. The minimum atomic E-state index is -1.63. The van der Waals surface area contributed by atoms with Crippen molar-refractivity contribution in [3.63, 3.8) is 0 Å². The van der Waals surface area contributed by atoms with Crippen LogP contribution < -0.4 is 5.32 Å². The molecule has 0 aromatic heterocycles. The van der Waals surface area contributed by atoms with E-state index in [2.05, 4.69) is 5.32 Å². The quantitative estimate of drug-likeness (QED) is 0.0861. The van der Waals surface area contributed by atoms with E-state index in [0.29, 0.717) is 25.8 Å². The van der Waals surface area contributed by atoms with E-state index in [0.717, 1.165) is 5.56 Å². The largest absolute Gasteiger partial charge is 0.459 e. The van der Waals surface area contributed by atoms with Gasteiger partial charge in [-0.1, -0.05) is 84.9 Å². The molecule has 4 aromatic carbocycles. The molecule has 1 amide bonds. The number of carbonyl (C=O) groups is 4. The molecule has 5 atom stereocenters. The maximum Gasteiger partial charge on any atom is 0.407 e. The van der Waals surface area contributed by atoms with Gasteiger partial charge in [0.05, 0.1) is 16.7 Å². The normalized spacial score (nSPS) is 19.5. The van der Waals surface area contributed by atoms with Crippen LogP contribution >= 0.6 is 0 Å². The Kier molecular flexibility index (Phi) is 14.3. The summed E-state index contributed by atoms with van der Waals surface area (Å²) >= 11 is 0. The van der Waals surface area contributed by atoms with Crippen molar-refractivity contribution in [1.29, 1.82) is 0 Å². The van der Waals surface area contributed by atoms with Crippen LogP contribution in [-0.2, 0) is 35.0 Å². The molecule has 12 heteroatoms. The SMILES string of the molecule is O=C(NCCCCCO[C@@H]1O[C@H](COC(=O)c2ccccc2)[C@@H](OC(=O)c2ccccc2)[C@H](O)[C@H]1OC(=O)c1ccccc1)OCc1ccccc1. The standard InChI is InChI=1S/C40H41NO11/c42-33-34(51-37(44)30-20-10-3-11-21-30)32(27-48-36(43)29-18-8-2-9-19-29)50-39(35(33)52-38(45)31-22-12-4-13-23-31)47-25-15-5-14-24-41-40(46)49-26-28-16-6-1-7-17-28/h1-4,6-13,16-23,32-35,39,42H,5,14-15,24-27H2,(H,41,46)/t32-,33+,34-,35-,39-/m1/s1. The Hall–Kier alpha value is -5.56. The Balaban J connectivity index is 1.22. The summed E-state index contributed by atoms with van der Waals surface area (Å²) in [5, 5.41) is 14.4. The van der Waals surface area contributed by atoms with Crippen molar-refractivity contribution >= 4 is 24.0 Å². The van der Waals surface area contributed by atoms with E-state index in [-0.39, 0.29) is 29.9 Å². The fourth-order valence-electron chi connectivity index (χ4n) is 5.35. The monoisotopic (exact) mass is 711 g/mol. The first-order valence-electron chi connectivity index (χ1n) is 17.0.